The third kappa shape index (κ3) is 15.2. The smallest absolute Gasteiger partial charge is 0.345 e. The van der Waals surface area contributed by atoms with E-state index < -0.39 is 6.61 Å². The van der Waals surface area contributed by atoms with Gasteiger partial charge in [-0.05, 0) is 26.9 Å². The van der Waals surface area contributed by atoms with Gasteiger partial charge in [-0.2, -0.15) is 8.78 Å². The van der Waals surface area contributed by atoms with E-state index in [4.69, 9.17) is 19.4 Å². The van der Waals surface area contributed by atoms with E-state index in [0.717, 1.165) is 30.8 Å². The summed E-state index contributed by atoms with van der Waals surface area (Å²) in [6.45, 7) is 1.48. The fraction of sp³-hybridized carbons (Fsp3) is 0.474. The monoisotopic (exact) mass is 417 g/mol. The van der Waals surface area contributed by atoms with Crippen LogP contribution in [0.4, 0.5) is 8.78 Å². The minimum absolute atomic E-state index is 0.0637. The van der Waals surface area contributed by atoms with Gasteiger partial charge in [0.1, 0.15) is 0 Å². The SMILES string of the molecule is CNCCOC(F)F.Cc1ccc(-c2cnco2)cc1.O=CO.OC1CCNC1. The number of nitrogens with zero attached hydrogens (tertiary/aromatic N) is 1. The van der Waals surface area contributed by atoms with Crippen molar-refractivity contribution >= 4 is 6.47 Å². The summed E-state index contributed by atoms with van der Waals surface area (Å²) in [7, 11) is 1.68. The Labute approximate surface area is 168 Å². The van der Waals surface area contributed by atoms with Gasteiger partial charge in [-0.3, -0.25) is 4.79 Å². The number of benzene rings is 1. The van der Waals surface area contributed by atoms with E-state index in [1.807, 2.05) is 12.1 Å². The maximum absolute atomic E-state index is 11.1. The second-order valence-electron chi connectivity index (χ2n) is 5.72. The molecule has 1 atom stereocenters. The standard InChI is InChI=1S/C10H9NO.C4H9F2NO.C4H9NO.CH2O2/c1-8-2-4-9(5-3-8)10-6-11-7-12-10;1-7-2-3-8-4(5)6;6-4-1-2-5-3-4;2-1-3/h2-7H,1H3;4,7H,2-3H2,1H3;4-6H,1-3H2;1H,(H,2,3). The molecule has 3 rings (SSSR count). The molecule has 2 heterocycles. The summed E-state index contributed by atoms with van der Waals surface area (Å²) in [6, 6.07) is 8.15. The molecule has 1 aliphatic rings. The van der Waals surface area contributed by atoms with E-state index in [9.17, 15) is 8.78 Å². The first kappa shape index (κ1) is 26.6. The quantitative estimate of drug-likeness (QED) is 0.432. The molecule has 164 valence electrons. The average molecular weight is 417 g/mol. The van der Waals surface area contributed by atoms with Gasteiger partial charge >= 0.3 is 6.61 Å². The van der Waals surface area contributed by atoms with Gasteiger partial charge in [-0.1, -0.05) is 29.8 Å². The van der Waals surface area contributed by atoms with Crippen LogP contribution in [0.5, 0.6) is 0 Å². The van der Waals surface area contributed by atoms with Crippen molar-refractivity contribution in [2.45, 2.75) is 26.1 Å². The van der Waals surface area contributed by atoms with E-state index in [0.29, 0.717) is 6.54 Å². The number of hydrogen-bond donors (Lipinski definition) is 4. The molecule has 0 bridgehead atoms. The Morgan fingerprint density at radius 3 is 2.45 bits per heavy atom. The van der Waals surface area contributed by atoms with Gasteiger partial charge in [-0.15, -0.1) is 0 Å². The van der Waals surface area contributed by atoms with Gasteiger partial charge in [0.2, 0.25) is 0 Å². The summed E-state index contributed by atoms with van der Waals surface area (Å²) < 4.78 is 31.3. The highest BCUT2D eigenvalue weighted by molar-refractivity contribution is 5.56. The first-order valence-electron chi connectivity index (χ1n) is 8.91. The predicted molar refractivity (Wildman–Crippen MR) is 105 cm³/mol. The first-order valence-corrected chi connectivity index (χ1v) is 8.91. The van der Waals surface area contributed by atoms with Crippen LogP contribution in [0.1, 0.15) is 12.0 Å². The number of aryl methyl sites for hydroxylation is 1. The summed E-state index contributed by atoms with van der Waals surface area (Å²) in [6.07, 6.45) is 4.02. The molecule has 0 saturated carbocycles. The molecule has 4 N–H and O–H groups in total. The number of likely N-dealkylation sites (N-methyl/N-ethyl adjacent to an activating group) is 1. The van der Waals surface area contributed by atoms with Crippen LogP contribution in [0, 0.1) is 6.92 Å². The molecule has 0 amide bonds. The number of carbonyl (C=O) groups is 1. The van der Waals surface area contributed by atoms with Gasteiger partial charge in [-0.25, -0.2) is 4.98 Å². The van der Waals surface area contributed by atoms with E-state index in [1.165, 1.54) is 12.0 Å². The predicted octanol–water partition coefficient (Wildman–Crippen LogP) is 2.14. The van der Waals surface area contributed by atoms with Crippen LogP contribution in [0.25, 0.3) is 11.3 Å². The number of alkyl halides is 2. The molecule has 2 aromatic rings. The highest BCUT2D eigenvalue weighted by atomic mass is 19.3. The van der Waals surface area contributed by atoms with Crippen molar-refractivity contribution in [2.24, 2.45) is 0 Å². The summed E-state index contributed by atoms with van der Waals surface area (Å²) in [4.78, 5) is 12.2. The van der Waals surface area contributed by atoms with Crippen molar-refractivity contribution < 1.29 is 32.9 Å². The molecule has 1 aliphatic heterocycles. The number of rotatable bonds is 5. The Balaban J connectivity index is 0.000000402. The number of carboxylic acid groups (broad SMARTS) is 1. The molecule has 1 saturated heterocycles. The zero-order valence-corrected chi connectivity index (χ0v) is 16.6. The zero-order valence-electron chi connectivity index (χ0n) is 16.6. The molecule has 10 heteroatoms. The third-order valence-electron chi connectivity index (χ3n) is 3.40. The number of aromatic nitrogens is 1. The van der Waals surface area contributed by atoms with Crippen LogP contribution in [0.2, 0.25) is 0 Å². The molecule has 1 aromatic carbocycles. The van der Waals surface area contributed by atoms with Gasteiger partial charge in [0.05, 0.1) is 18.9 Å². The van der Waals surface area contributed by atoms with Crippen LogP contribution in [-0.4, -0.2) is 67.7 Å². The van der Waals surface area contributed by atoms with E-state index in [1.54, 1.807) is 13.2 Å². The van der Waals surface area contributed by atoms with Crippen LogP contribution in [-0.2, 0) is 9.53 Å². The molecule has 0 aliphatic carbocycles. The second kappa shape index (κ2) is 17.7. The molecule has 1 fully saturated rings. The largest absolute Gasteiger partial charge is 0.483 e. The van der Waals surface area contributed by atoms with Crippen molar-refractivity contribution in [1.29, 1.82) is 0 Å². The van der Waals surface area contributed by atoms with Gasteiger partial charge in [0.25, 0.3) is 6.47 Å². The molecule has 1 aromatic heterocycles. The average Bonchev–Trinajstić information content (AvgIpc) is 3.38. The summed E-state index contributed by atoms with van der Waals surface area (Å²) >= 11 is 0. The van der Waals surface area contributed by atoms with Crippen molar-refractivity contribution in [2.75, 3.05) is 33.3 Å². The Kier molecular flexibility index (Phi) is 16.2. The van der Waals surface area contributed by atoms with Crippen molar-refractivity contribution in [1.82, 2.24) is 15.6 Å². The van der Waals surface area contributed by atoms with Crippen molar-refractivity contribution in [3.8, 4) is 11.3 Å². The topological polar surface area (TPSA) is 117 Å². The first-order chi connectivity index (χ1) is 13.9. The number of β-amino-alcohol motifs (C(OH)–C–C–N with tert-alkyl or cyclic N) is 1. The van der Waals surface area contributed by atoms with Crippen molar-refractivity contribution in [3.63, 3.8) is 0 Å². The second-order valence-corrected chi connectivity index (χ2v) is 5.72. The van der Waals surface area contributed by atoms with Crippen LogP contribution in [0.15, 0.2) is 41.3 Å². The Morgan fingerprint density at radius 2 is 2.07 bits per heavy atom. The number of hydrogen-bond acceptors (Lipinski definition) is 7. The van der Waals surface area contributed by atoms with Gasteiger partial charge in [0.15, 0.2) is 12.2 Å². The Morgan fingerprint density at radius 1 is 1.41 bits per heavy atom. The summed E-state index contributed by atoms with van der Waals surface area (Å²) in [5.74, 6) is 0.815. The minimum atomic E-state index is -2.64. The van der Waals surface area contributed by atoms with E-state index >= 15 is 0 Å². The maximum Gasteiger partial charge on any atom is 0.345 e. The highest BCUT2D eigenvalue weighted by Gasteiger charge is 2.08. The lowest BCUT2D eigenvalue weighted by Crippen LogP contribution is -2.15. The molecule has 1 unspecified atom stereocenters. The molecular weight excluding hydrogens is 388 g/mol. The molecule has 0 spiro atoms. The number of aliphatic hydroxyl groups excluding tert-OH is 1. The van der Waals surface area contributed by atoms with Crippen LogP contribution >= 0.6 is 0 Å². The normalized spacial score (nSPS) is 14.6. The number of oxazole rings is 1. The summed E-state index contributed by atoms with van der Waals surface area (Å²) in [5, 5.41) is 21.2. The number of ether oxygens (including phenoxy) is 1. The summed E-state index contributed by atoms with van der Waals surface area (Å²) in [5.41, 5.74) is 2.32. The van der Waals surface area contributed by atoms with Crippen LogP contribution < -0.4 is 10.6 Å². The lowest BCUT2D eigenvalue weighted by molar-refractivity contribution is -0.127. The van der Waals surface area contributed by atoms with Crippen molar-refractivity contribution in [3.05, 3.63) is 42.4 Å². The molecule has 0 radical (unpaired) electrons. The van der Waals surface area contributed by atoms with Crippen LogP contribution in [0.3, 0.4) is 0 Å². The molecule has 8 nitrogen and oxygen atoms in total. The van der Waals surface area contributed by atoms with E-state index in [-0.39, 0.29) is 19.2 Å². The Hall–Kier alpha value is -2.40. The lowest BCUT2D eigenvalue weighted by atomic mass is 10.1. The lowest BCUT2D eigenvalue weighted by Gasteiger charge is -1.99. The van der Waals surface area contributed by atoms with Gasteiger partial charge in [0, 0.05) is 18.7 Å². The molecule has 29 heavy (non-hydrogen) atoms. The number of halogens is 2. The minimum Gasteiger partial charge on any atom is -0.483 e. The fourth-order valence-corrected chi connectivity index (χ4v) is 1.97. The maximum atomic E-state index is 11.1. The highest BCUT2D eigenvalue weighted by Crippen LogP contribution is 2.18. The number of aliphatic hydroxyl groups is 1. The van der Waals surface area contributed by atoms with E-state index in [2.05, 4.69) is 39.4 Å². The Bertz CT molecular complexity index is 607. The fourth-order valence-electron chi connectivity index (χ4n) is 1.97. The zero-order chi connectivity index (χ0) is 21.9. The third-order valence-corrected chi connectivity index (χ3v) is 3.40. The number of nitrogens with one attached hydrogen (secondary N) is 2. The van der Waals surface area contributed by atoms with Gasteiger partial charge < -0.3 is 30.0 Å². The molecular formula is C19H29F2N3O5.